The van der Waals surface area contributed by atoms with Gasteiger partial charge in [0.2, 0.25) is 11.9 Å². The monoisotopic (exact) mass is 193 g/mol. The average molecular weight is 193 g/mol. The minimum Gasteiger partial charge on any atom is -0.369 e. The fourth-order valence-electron chi connectivity index (χ4n) is 0.852. The van der Waals surface area contributed by atoms with Gasteiger partial charge in [0.15, 0.2) is 0 Å². The molecule has 5 N–H and O–H groups in total. The first-order valence-electron chi connectivity index (χ1n) is 3.95. The summed E-state index contributed by atoms with van der Waals surface area (Å²) in [5.74, 6) is -0.447. The van der Waals surface area contributed by atoms with E-state index in [9.17, 15) is 4.79 Å². The number of carbonyl (C=O) groups is 1. The number of hydrogen-bond donors (Lipinski definition) is 3. The first-order chi connectivity index (χ1) is 6.68. The third-order valence-corrected chi connectivity index (χ3v) is 1.42. The summed E-state index contributed by atoms with van der Waals surface area (Å²) >= 11 is 0. The second-order valence-electron chi connectivity index (χ2n) is 2.60. The lowest BCUT2D eigenvalue weighted by Crippen LogP contribution is -2.29. The molecule has 6 heteroatoms. The van der Waals surface area contributed by atoms with E-state index in [0.29, 0.717) is 0 Å². The number of hydrogen-bond acceptors (Lipinski definition) is 3. The number of pyridine rings is 1. The maximum Gasteiger partial charge on any atom is 0.244 e. The van der Waals surface area contributed by atoms with E-state index in [1.807, 2.05) is 0 Å². The topological polar surface area (TPSA) is 106 Å². The number of guanidine groups is 1. The molecule has 0 atom stereocenters. The van der Waals surface area contributed by atoms with Crippen LogP contribution in [0, 0.1) is 0 Å². The van der Waals surface area contributed by atoms with Gasteiger partial charge in [0.25, 0.3) is 0 Å². The van der Waals surface area contributed by atoms with Gasteiger partial charge < -0.3 is 11.5 Å². The van der Waals surface area contributed by atoms with Gasteiger partial charge in [-0.05, 0) is 17.7 Å². The van der Waals surface area contributed by atoms with Crippen molar-refractivity contribution in [1.29, 1.82) is 0 Å². The van der Waals surface area contributed by atoms with Gasteiger partial charge >= 0.3 is 0 Å². The SMILES string of the molecule is NC(N)=NNC(=O)Cc1ccncc1. The molecule has 6 nitrogen and oxygen atoms in total. The number of rotatable bonds is 3. The van der Waals surface area contributed by atoms with Crippen LogP contribution >= 0.6 is 0 Å². The average Bonchev–Trinajstić information content (AvgIpc) is 2.16. The summed E-state index contributed by atoms with van der Waals surface area (Å²) in [7, 11) is 0. The van der Waals surface area contributed by atoms with E-state index in [4.69, 9.17) is 11.5 Å². The summed E-state index contributed by atoms with van der Waals surface area (Å²) in [4.78, 5) is 15.0. The van der Waals surface area contributed by atoms with Gasteiger partial charge in [-0.3, -0.25) is 9.78 Å². The molecule has 0 aliphatic heterocycles. The Hall–Kier alpha value is -2.11. The van der Waals surface area contributed by atoms with Crippen molar-refractivity contribution < 1.29 is 4.79 Å². The fraction of sp³-hybridized carbons (Fsp3) is 0.125. The van der Waals surface area contributed by atoms with Gasteiger partial charge in [-0.2, -0.15) is 0 Å². The highest BCUT2D eigenvalue weighted by Gasteiger charge is 2.00. The van der Waals surface area contributed by atoms with Crippen molar-refractivity contribution in [2.75, 3.05) is 0 Å². The quantitative estimate of drug-likeness (QED) is 0.323. The molecule has 0 bridgehead atoms. The van der Waals surface area contributed by atoms with Crippen LogP contribution in [0.1, 0.15) is 5.56 Å². The zero-order chi connectivity index (χ0) is 10.4. The largest absolute Gasteiger partial charge is 0.369 e. The van der Waals surface area contributed by atoms with Crippen molar-refractivity contribution in [2.24, 2.45) is 16.6 Å². The van der Waals surface area contributed by atoms with Crippen LogP contribution in [0.2, 0.25) is 0 Å². The number of nitrogens with two attached hydrogens (primary N) is 2. The Morgan fingerprint density at radius 1 is 1.43 bits per heavy atom. The lowest BCUT2D eigenvalue weighted by molar-refractivity contribution is -0.120. The molecule has 0 aromatic carbocycles. The lowest BCUT2D eigenvalue weighted by atomic mass is 10.2. The zero-order valence-corrected chi connectivity index (χ0v) is 7.47. The van der Waals surface area contributed by atoms with Crippen molar-refractivity contribution >= 4 is 11.9 Å². The number of aromatic nitrogens is 1. The van der Waals surface area contributed by atoms with E-state index < -0.39 is 0 Å². The summed E-state index contributed by atoms with van der Waals surface area (Å²) < 4.78 is 0. The Morgan fingerprint density at radius 2 is 2.07 bits per heavy atom. The number of hydrazone groups is 1. The van der Waals surface area contributed by atoms with Crippen LogP contribution in [0.15, 0.2) is 29.6 Å². The van der Waals surface area contributed by atoms with Crippen LogP contribution in [0.3, 0.4) is 0 Å². The summed E-state index contributed by atoms with van der Waals surface area (Å²) in [5, 5.41) is 3.38. The molecule has 0 saturated carbocycles. The van der Waals surface area contributed by atoms with E-state index in [1.165, 1.54) is 0 Å². The molecule has 1 amide bonds. The van der Waals surface area contributed by atoms with Gasteiger partial charge in [0.1, 0.15) is 0 Å². The van der Waals surface area contributed by atoms with Crippen LogP contribution in [-0.4, -0.2) is 16.9 Å². The number of carbonyl (C=O) groups excluding carboxylic acids is 1. The predicted molar refractivity (Wildman–Crippen MR) is 51.9 cm³/mol. The summed E-state index contributed by atoms with van der Waals surface area (Å²) in [5.41, 5.74) is 13.1. The van der Waals surface area contributed by atoms with Gasteiger partial charge in [-0.25, -0.2) is 5.43 Å². The molecule has 1 rings (SSSR count). The van der Waals surface area contributed by atoms with Gasteiger partial charge in [0, 0.05) is 12.4 Å². The van der Waals surface area contributed by atoms with Crippen LogP contribution in [0.25, 0.3) is 0 Å². The third-order valence-electron chi connectivity index (χ3n) is 1.42. The van der Waals surface area contributed by atoms with E-state index in [0.717, 1.165) is 5.56 Å². The molecular weight excluding hydrogens is 182 g/mol. The highest BCUT2D eigenvalue weighted by molar-refractivity contribution is 5.81. The molecule has 0 aliphatic carbocycles. The normalized spacial score (nSPS) is 9.14. The predicted octanol–water partition coefficient (Wildman–Crippen LogP) is -1.07. The Morgan fingerprint density at radius 3 is 2.64 bits per heavy atom. The van der Waals surface area contributed by atoms with Crippen molar-refractivity contribution in [3.05, 3.63) is 30.1 Å². The zero-order valence-electron chi connectivity index (χ0n) is 7.47. The highest BCUT2D eigenvalue weighted by Crippen LogP contribution is 1.96. The molecule has 1 aromatic heterocycles. The third kappa shape index (κ3) is 3.53. The molecule has 1 heterocycles. The number of amides is 1. The molecule has 0 unspecified atom stereocenters. The molecule has 74 valence electrons. The maximum atomic E-state index is 11.2. The van der Waals surface area contributed by atoms with Crippen molar-refractivity contribution in [1.82, 2.24) is 10.4 Å². The Bertz CT molecular complexity index is 331. The summed E-state index contributed by atoms with van der Waals surface area (Å²) in [6.07, 6.45) is 3.45. The van der Waals surface area contributed by atoms with Crippen LogP contribution < -0.4 is 16.9 Å². The van der Waals surface area contributed by atoms with Gasteiger partial charge in [0.05, 0.1) is 6.42 Å². The molecule has 0 saturated heterocycles. The van der Waals surface area contributed by atoms with Crippen LogP contribution in [0.5, 0.6) is 0 Å². The van der Waals surface area contributed by atoms with E-state index in [1.54, 1.807) is 24.5 Å². The summed E-state index contributed by atoms with van der Waals surface area (Å²) in [6, 6.07) is 3.49. The molecule has 0 aliphatic rings. The first kappa shape index (κ1) is 9.97. The van der Waals surface area contributed by atoms with Crippen LogP contribution in [0.4, 0.5) is 0 Å². The highest BCUT2D eigenvalue weighted by atomic mass is 16.2. The number of nitrogens with one attached hydrogen (secondary N) is 1. The second-order valence-corrected chi connectivity index (χ2v) is 2.60. The fourth-order valence-corrected chi connectivity index (χ4v) is 0.852. The van der Waals surface area contributed by atoms with Crippen molar-refractivity contribution in [3.63, 3.8) is 0 Å². The van der Waals surface area contributed by atoms with Crippen molar-refractivity contribution in [3.8, 4) is 0 Å². The lowest BCUT2D eigenvalue weighted by Gasteiger charge is -1.99. The van der Waals surface area contributed by atoms with Gasteiger partial charge in [-0.1, -0.05) is 0 Å². The Balaban J connectivity index is 2.46. The Labute approximate surface area is 81.0 Å². The first-order valence-corrected chi connectivity index (χ1v) is 3.95. The Kier molecular flexibility index (Phi) is 3.42. The van der Waals surface area contributed by atoms with Crippen LogP contribution in [-0.2, 0) is 11.2 Å². The minimum atomic E-state index is -0.274. The van der Waals surface area contributed by atoms with Gasteiger partial charge in [-0.15, -0.1) is 5.10 Å². The minimum absolute atomic E-state index is 0.173. The molecule has 14 heavy (non-hydrogen) atoms. The molecule has 0 fully saturated rings. The van der Waals surface area contributed by atoms with E-state index in [-0.39, 0.29) is 18.3 Å². The standard InChI is InChI=1S/C8H11N5O/c9-8(10)13-12-7(14)5-6-1-3-11-4-2-6/h1-4H,5H2,(H,12,14)(H4,9,10,13). The van der Waals surface area contributed by atoms with E-state index in [2.05, 4.69) is 15.5 Å². The van der Waals surface area contributed by atoms with Crippen molar-refractivity contribution in [2.45, 2.75) is 6.42 Å². The number of nitrogens with zero attached hydrogens (tertiary/aromatic N) is 2. The molecule has 0 spiro atoms. The second kappa shape index (κ2) is 4.80. The van der Waals surface area contributed by atoms with E-state index >= 15 is 0 Å². The molecular formula is C8H11N5O. The smallest absolute Gasteiger partial charge is 0.244 e. The maximum absolute atomic E-state index is 11.2. The summed E-state index contributed by atoms with van der Waals surface area (Å²) in [6.45, 7) is 0. The molecule has 0 radical (unpaired) electrons. The molecule has 1 aromatic rings.